The molecular weight excluding hydrogens is 218 g/mol. The van der Waals surface area contributed by atoms with Gasteiger partial charge in [-0.15, -0.1) is 0 Å². The van der Waals surface area contributed by atoms with Crippen LogP contribution in [0.15, 0.2) is 12.3 Å². The molecule has 1 aromatic heterocycles. The van der Waals surface area contributed by atoms with E-state index in [-0.39, 0.29) is 5.97 Å². The Morgan fingerprint density at radius 1 is 1.53 bits per heavy atom. The minimum atomic E-state index is -0.385. The van der Waals surface area contributed by atoms with Crippen molar-refractivity contribution in [2.24, 2.45) is 5.92 Å². The molecule has 0 N–H and O–H groups in total. The van der Waals surface area contributed by atoms with E-state index in [1.165, 1.54) is 12.8 Å². The van der Waals surface area contributed by atoms with E-state index in [9.17, 15) is 4.79 Å². The third-order valence-corrected chi connectivity index (χ3v) is 2.72. The first-order valence-electron chi connectivity index (χ1n) is 5.97. The number of ether oxygens (including phenoxy) is 2. The number of aryl methyl sites for hydroxylation is 1. The number of rotatable bonds is 5. The van der Waals surface area contributed by atoms with Gasteiger partial charge in [0.15, 0.2) is 0 Å². The van der Waals surface area contributed by atoms with Crippen molar-refractivity contribution >= 4 is 5.97 Å². The summed E-state index contributed by atoms with van der Waals surface area (Å²) in [6.07, 6.45) is 4.12. The fourth-order valence-electron chi connectivity index (χ4n) is 1.50. The Balaban J connectivity index is 2.01. The van der Waals surface area contributed by atoms with Gasteiger partial charge >= 0.3 is 5.97 Å². The van der Waals surface area contributed by atoms with Crippen molar-refractivity contribution in [3.63, 3.8) is 0 Å². The summed E-state index contributed by atoms with van der Waals surface area (Å²) in [6.45, 7) is 4.80. The van der Waals surface area contributed by atoms with Gasteiger partial charge in [-0.2, -0.15) is 0 Å². The van der Waals surface area contributed by atoms with E-state index < -0.39 is 0 Å². The van der Waals surface area contributed by atoms with E-state index in [0.29, 0.717) is 18.2 Å². The Kier molecular flexibility index (Phi) is 3.61. The van der Waals surface area contributed by atoms with Crippen LogP contribution < -0.4 is 4.74 Å². The number of pyridine rings is 1. The van der Waals surface area contributed by atoms with Gasteiger partial charge in [0.25, 0.3) is 0 Å². The average molecular weight is 235 g/mol. The van der Waals surface area contributed by atoms with E-state index in [1.54, 1.807) is 19.2 Å². The maximum absolute atomic E-state index is 11.5. The SMILES string of the molecule is CCOC(=O)c1cc(C)c(OCC2CC2)cn1. The summed E-state index contributed by atoms with van der Waals surface area (Å²) in [5.74, 6) is 1.08. The van der Waals surface area contributed by atoms with E-state index in [2.05, 4.69) is 4.98 Å². The second-order valence-electron chi connectivity index (χ2n) is 4.31. The highest BCUT2D eigenvalue weighted by molar-refractivity contribution is 5.87. The van der Waals surface area contributed by atoms with Crippen LogP contribution in [-0.2, 0) is 4.74 Å². The number of hydrogen-bond acceptors (Lipinski definition) is 4. The highest BCUT2D eigenvalue weighted by atomic mass is 16.5. The van der Waals surface area contributed by atoms with Gasteiger partial charge in [-0.05, 0) is 44.2 Å². The molecule has 92 valence electrons. The minimum Gasteiger partial charge on any atom is -0.491 e. The van der Waals surface area contributed by atoms with Gasteiger partial charge in [0.05, 0.1) is 19.4 Å². The van der Waals surface area contributed by atoms with Crippen molar-refractivity contribution in [3.05, 3.63) is 23.5 Å². The van der Waals surface area contributed by atoms with E-state index in [4.69, 9.17) is 9.47 Å². The number of carbonyl (C=O) groups is 1. The number of aromatic nitrogens is 1. The average Bonchev–Trinajstić information content (AvgIpc) is 3.11. The Bertz CT molecular complexity index is 413. The quantitative estimate of drug-likeness (QED) is 0.735. The van der Waals surface area contributed by atoms with E-state index in [0.717, 1.165) is 17.9 Å². The van der Waals surface area contributed by atoms with Crippen LogP contribution in [0.25, 0.3) is 0 Å². The van der Waals surface area contributed by atoms with Crippen molar-refractivity contribution in [2.45, 2.75) is 26.7 Å². The van der Waals surface area contributed by atoms with Gasteiger partial charge in [0.2, 0.25) is 0 Å². The topological polar surface area (TPSA) is 48.4 Å². The molecule has 1 fully saturated rings. The van der Waals surface area contributed by atoms with Crippen LogP contribution in [0.4, 0.5) is 0 Å². The Labute approximate surface area is 101 Å². The van der Waals surface area contributed by atoms with Crippen LogP contribution >= 0.6 is 0 Å². The maximum atomic E-state index is 11.5. The standard InChI is InChI=1S/C13H17NO3/c1-3-16-13(15)11-6-9(2)12(7-14-11)17-8-10-4-5-10/h6-7,10H,3-5,8H2,1-2H3. The van der Waals surface area contributed by atoms with Crippen LogP contribution in [0, 0.1) is 12.8 Å². The zero-order valence-corrected chi connectivity index (χ0v) is 10.2. The zero-order chi connectivity index (χ0) is 12.3. The summed E-state index contributed by atoms with van der Waals surface area (Å²) < 4.78 is 10.5. The van der Waals surface area contributed by atoms with Crippen molar-refractivity contribution in [1.29, 1.82) is 0 Å². The first kappa shape index (κ1) is 11.9. The molecule has 4 heteroatoms. The molecule has 4 nitrogen and oxygen atoms in total. The lowest BCUT2D eigenvalue weighted by atomic mass is 10.2. The van der Waals surface area contributed by atoms with E-state index in [1.807, 2.05) is 6.92 Å². The van der Waals surface area contributed by atoms with Crippen LogP contribution in [0.3, 0.4) is 0 Å². The Hall–Kier alpha value is -1.58. The molecule has 0 radical (unpaired) electrons. The summed E-state index contributed by atoms with van der Waals surface area (Å²) in [6, 6.07) is 1.71. The molecule has 0 unspecified atom stereocenters. The highest BCUT2D eigenvalue weighted by Crippen LogP contribution is 2.30. The molecule has 1 saturated carbocycles. The lowest BCUT2D eigenvalue weighted by molar-refractivity contribution is 0.0519. The van der Waals surface area contributed by atoms with Gasteiger partial charge in [-0.3, -0.25) is 0 Å². The van der Waals surface area contributed by atoms with Gasteiger partial charge in [0.1, 0.15) is 11.4 Å². The van der Waals surface area contributed by atoms with Crippen LogP contribution in [0.1, 0.15) is 35.8 Å². The summed E-state index contributed by atoms with van der Waals surface area (Å²) in [4.78, 5) is 15.5. The molecule has 1 aromatic rings. The van der Waals surface area contributed by atoms with Gasteiger partial charge < -0.3 is 9.47 Å². The number of nitrogens with zero attached hydrogens (tertiary/aromatic N) is 1. The fraction of sp³-hybridized carbons (Fsp3) is 0.538. The molecule has 17 heavy (non-hydrogen) atoms. The molecule has 0 spiro atoms. The molecule has 0 saturated heterocycles. The Morgan fingerprint density at radius 2 is 2.29 bits per heavy atom. The van der Waals surface area contributed by atoms with Gasteiger partial charge in [-0.1, -0.05) is 0 Å². The highest BCUT2D eigenvalue weighted by Gasteiger charge is 2.22. The van der Waals surface area contributed by atoms with Gasteiger partial charge in [-0.25, -0.2) is 9.78 Å². The third kappa shape index (κ3) is 3.19. The van der Waals surface area contributed by atoms with Crippen molar-refractivity contribution in [1.82, 2.24) is 4.98 Å². The summed E-state index contributed by atoms with van der Waals surface area (Å²) in [5, 5.41) is 0. The molecule has 0 aromatic carbocycles. The summed E-state index contributed by atoms with van der Waals surface area (Å²) in [5.41, 5.74) is 1.26. The molecule has 0 amide bonds. The predicted molar refractivity (Wildman–Crippen MR) is 63.1 cm³/mol. The normalized spacial score (nSPS) is 14.5. The summed E-state index contributed by atoms with van der Waals surface area (Å²) >= 11 is 0. The molecular formula is C13H17NO3. The van der Waals surface area contributed by atoms with Gasteiger partial charge in [0, 0.05) is 0 Å². The molecule has 1 heterocycles. The molecule has 0 bridgehead atoms. The first-order chi connectivity index (χ1) is 8.20. The number of esters is 1. The van der Waals surface area contributed by atoms with E-state index >= 15 is 0 Å². The summed E-state index contributed by atoms with van der Waals surface area (Å²) in [7, 11) is 0. The lowest BCUT2D eigenvalue weighted by Crippen LogP contribution is -2.08. The van der Waals surface area contributed by atoms with Crippen LogP contribution in [0.2, 0.25) is 0 Å². The predicted octanol–water partition coefficient (Wildman–Crippen LogP) is 2.36. The lowest BCUT2D eigenvalue weighted by Gasteiger charge is -2.09. The van der Waals surface area contributed by atoms with Crippen molar-refractivity contribution in [3.8, 4) is 5.75 Å². The first-order valence-corrected chi connectivity index (χ1v) is 5.97. The monoisotopic (exact) mass is 235 g/mol. The molecule has 1 aliphatic rings. The van der Waals surface area contributed by atoms with Crippen molar-refractivity contribution in [2.75, 3.05) is 13.2 Å². The maximum Gasteiger partial charge on any atom is 0.356 e. The number of carbonyl (C=O) groups excluding carboxylic acids is 1. The molecule has 0 atom stereocenters. The second-order valence-corrected chi connectivity index (χ2v) is 4.31. The molecule has 2 rings (SSSR count). The van der Waals surface area contributed by atoms with Crippen molar-refractivity contribution < 1.29 is 14.3 Å². The molecule has 0 aliphatic heterocycles. The van der Waals surface area contributed by atoms with Crippen LogP contribution in [-0.4, -0.2) is 24.2 Å². The third-order valence-electron chi connectivity index (χ3n) is 2.72. The largest absolute Gasteiger partial charge is 0.491 e. The second kappa shape index (κ2) is 5.17. The molecule has 1 aliphatic carbocycles. The Morgan fingerprint density at radius 3 is 2.88 bits per heavy atom. The zero-order valence-electron chi connectivity index (χ0n) is 10.2. The van der Waals surface area contributed by atoms with Crippen LogP contribution in [0.5, 0.6) is 5.75 Å². The fourth-order valence-corrected chi connectivity index (χ4v) is 1.50. The smallest absolute Gasteiger partial charge is 0.356 e. The minimum absolute atomic E-state index is 0.336. The number of hydrogen-bond donors (Lipinski definition) is 0.